The third-order valence-electron chi connectivity index (χ3n) is 5.22. The minimum absolute atomic E-state index is 0.512. The molecule has 0 saturated carbocycles. The van der Waals surface area contributed by atoms with Crippen molar-refractivity contribution in [3.8, 4) is 0 Å². The SMILES string of the molecule is CCN1CCC[C@](O)(CN2CCN(Cc3ccncc3)CC2)C1. The molecule has 0 unspecified atom stereocenters. The molecule has 1 aromatic heterocycles. The topological polar surface area (TPSA) is 42.8 Å². The van der Waals surface area contributed by atoms with Crippen molar-refractivity contribution in [3.63, 3.8) is 0 Å². The van der Waals surface area contributed by atoms with E-state index in [4.69, 9.17) is 0 Å². The molecule has 1 aromatic rings. The van der Waals surface area contributed by atoms with Gasteiger partial charge in [-0.2, -0.15) is 0 Å². The summed E-state index contributed by atoms with van der Waals surface area (Å²) in [6, 6.07) is 4.19. The predicted molar refractivity (Wildman–Crippen MR) is 92.3 cm³/mol. The molecule has 0 amide bonds. The van der Waals surface area contributed by atoms with Gasteiger partial charge in [0.1, 0.15) is 0 Å². The minimum Gasteiger partial charge on any atom is -0.387 e. The van der Waals surface area contributed by atoms with Crippen molar-refractivity contribution in [2.45, 2.75) is 31.9 Å². The van der Waals surface area contributed by atoms with Crippen LogP contribution in [0.3, 0.4) is 0 Å². The fourth-order valence-electron chi connectivity index (χ4n) is 3.87. The summed E-state index contributed by atoms with van der Waals surface area (Å²) in [6.45, 7) is 11.3. The number of hydrogen-bond acceptors (Lipinski definition) is 5. The average Bonchev–Trinajstić information content (AvgIpc) is 2.57. The van der Waals surface area contributed by atoms with Crippen LogP contribution in [0.1, 0.15) is 25.3 Å². The van der Waals surface area contributed by atoms with Crippen LogP contribution in [0, 0.1) is 0 Å². The number of pyridine rings is 1. The molecule has 3 heterocycles. The van der Waals surface area contributed by atoms with Crippen molar-refractivity contribution < 1.29 is 5.11 Å². The average molecular weight is 318 g/mol. The van der Waals surface area contributed by atoms with E-state index in [1.807, 2.05) is 12.4 Å². The van der Waals surface area contributed by atoms with E-state index in [1.54, 1.807) is 0 Å². The van der Waals surface area contributed by atoms with E-state index in [1.165, 1.54) is 5.56 Å². The maximum Gasteiger partial charge on any atom is 0.0900 e. The molecule has 2 fully saturated rings. The molecule has 5 nitrogen and oxygen atoms in total. The maximum absolute atomic E-state index is 10.9. The second-order valence-corrected chi connectivity index (χ2v) is 7.10. The first kappa shape index (κ1) is 16.8. The molecule has 1 N–H and O–H groups in total. The van der Waals surface area contributed by atoms with Crippen LogP contribution < -0.4 is 0 Å². The molecule has 128 valence electrons. The molecule has 2 saturated heterocycles. The third kappa shape index (κ3) is 4.73. The number of rotatable bonds is 5. The summed E-state index contributed by atoms with van der Waals surface area (Å²) < 4.78 is 0. The lowest BCUT2D eigenvalue weighted by Crippen LogP contribution is -2.57. The van der Waals surface area contributed by atoms with Gasteiger partial charge in [-0.05, 0) is 43.6 Å². The number of nitrogens with zero attached hydrogens (tertiary/aromatic N) is 4. The van der Waals surface area contributed by atoms with Crippen LogP contribution in [-0.2, 0) is 6.54 Å². The van der Waals surface area contributed by atoms with Gasteiger partial charge in [0.05, 0.1) is 5.60 Å². The van der Waals surface area contributed by atoms with Crippen LogP contribution in [0.2, 0.25) is 0 Å². The molecule has 0 aromatic carbocycles. The van der Waals surface area contributed by atoms with Crippen molar-refractivity contribution in [2.75, 3.05) is 52.4 Å². The Morgan fingerprint density at radius 1 is 1.04 bits per heavy atom. The molecule has 2 aliphatic rings. The predicted octanol–water partition coefficient (Wildman–Crippen LogP) is 1.05. The van der Waals surface area contributed by atoms with E-state index >= 15 is 0 Å². The quantitative estimate of drug-likeness (QED) is 0.879. The van der Waals surface area contributed by atoms with Gasteiger partial charge in [0.25, 0.3) is 0 Å². The van der Waals surface area contributed by atoms with Crippen molar-refractivity contribution in [1.82, 2.24) is 19.7 Å². The number of aliphatic hydroxyl groups is 1. The summed E-state index contributed by atoms with van der Waals surface area (Å²) in [5.41, 5.74) is 0.819. The Labute approximate surface area is 139 Å². The van der Waals surface area contributed by atoms with Gasteiger partial charge < -0.3 is 10.0 Å². The summed E-state index contributed by atoms with van der Waals surface area (Å²) in [7, 11) is 0. The fraction of sp³-hybridized carbons (Fsp3) is 0.722. The Bertz CT molecular complexity index is 475. The first-order valence-electron chi connectivity index (χ1n) is 8.95. The number of likely N-dealkylation sites (tertiary alicyclic amines) is 1. The van der Waals surface area contributed by atoms with Crippen molar-refractivity contribution in [3.05, 3.63) is 30.1 Å². The zero-order valence-electron chi connectivity index (χ0n) is 14.3. The van der Waals surface area contributed by atoms with Crippen molar-refractivity contribution >= 4 is 0 Å². The summed E-state index contributed by atoms with van der Waals surface area (Å²) in [5, 5.41) is 10.9. The van der Waals surface area contributed by atoms with Crippen molar-refractivity contribution in [1.29, 1.82) is 0 Å². The molecule has 2 aliphatic heterocycles. The number of hydrogen-bond donors (Lipinski definition) is 1. The minimum atomic E-state index is -0.512. The Kier molecular flexibility index (Phi) is 5.64. The zero-order chi connectivity index (χ0) is 16.1. The summed E-state index contributed by atoms with van der Waals surface area (Å²) in [6.07, 6.45) is 5.79. The Morgan fingerprint density at radius 2 is 1.74 bits per heavy atom. The molecule has 3 rings (SSSR count). The van der Waals surface area contributed by atoms with Gasteiger partial charge in [0.2, 0.25) is 0 Å². The highest BCUT2D eigenvalue weighted by Crippen LogP contribution is 2.23. The van der Waals surface area contributed by atoms with Gasteiger partial charge in [0.15, 0.2) is 0 Å². The molecule has 0 radical (unpaired) electrons. The van der Waals surface area contributed by atoms with Gasteiger partial charge in [0, 0.05) is 58.2 Å². The zero-order valence-corrected chi connectivity index (χ0v) is 14.3. The summed E-state index contributed by atoms with van der Waals surface area (Å²) in [4.78, 5) is 11.4. The Balaban J connectivity index is 1.45. The van der Waals surface area contributed by atoms with E-state index in [2.05, 4.69) is 38.7 Å². The van der Waals surface area contributed by atoms with Crippen LogP contribution in [0.5, 0.6) is 0 Å². The van der Waals surface area contributed by atoms with E-state index in [0.717, 1.165) is 71.7 Å². The molecule has 0 aliphatic carbocycles. The van der Waals surface area contributed by atoms with Gasteiger partial charge in [-0.15, -0.1) is 0 Å². The van der Waals surface area contributed by atoms with Crippen LogP contribution in [-0.4, -0.2) is 82.7 Å². The number of likely N-dealkylation sites (N-methyl/N-ethyl adjacent to an activating group) is 1. The first-order chi connectivity index (χ1) is 11.2. The lowest BCUT2D eigenvalue weighted by atomic mass is 9.92. The summed E-state index contributed by atoms with van der Waals surface area (Å²) >= 11 is 0. The van der Waals surface area contributed by atoms with Crippen LogP contribution in [0.25, 0.3) is 0 Å². The first-order valence-corrected chi connectivity index (χ1v) is 8.95. The molecular weight excluding hydrogens is 288 g/mol. The Hall–Kier alpha value is -1.01. The number of piperazine rings is 1. The van der Waals surface area contributed by atoms with E-state index in [0.29, 0.717) is 0 Å². The third-order valence-corrected chi connectivity index (χ3v) is 5.22. The van der Waals surface area contributed by atoms with Crippen molar-refractivity contribution in [2.24, 2.45) is 0 Å². The second kappa shape index (κ2) is 7.71. The molecule has 5 heteroatoms. The van der Waals surface area contributed by atoms with E-state index < -0.39 is 5.60 Å². The lowest BCUT2D eigenvalue weighted by Gasteiger charge is -2.43. The lowest BCUT2D eigenvalue weighted by molar-refractivity contribution is -0.0588. The highest BCUT2D eigenvalue weighted by molar-refractivity contribution is 5.09. The van der Waals surface area contributed by atoms with Crippen LogP contribution >= 0.6 is 0 Å². The van der Waals surface area contributed by atoms with Crippen LogP contribution in [0.15, 0.2) is 24.5 Å². The molecule has 0 bridgehead atoms. The maximum atomic E-state index is 10.9. The molecule has 0 spiro atoms. The van der Waals surface area contributed by atoms with Gasteiger partial charge >= 0.3 is 0 Å². The van der Waals surface area contributed by atoms with Crippen LogP contribution in [0.4, 0.5) is 0 Å². The normalized spacial score (nSPS) is 28.1. The highest BCUT2D eigenvalue weighted by Gasteiger charge is 2.35. The highest BCUT2D eigenvalue weighted by atomic mass is 16.3. The Morgan fingerprint density at radius 3 is 2.43 bits per heavy atom. The monoisotopic (exact) mass is 318 g/mol. The van der Waals surface area contributed by atoms with E-state index in [9.17, 15) is 5.11 Å². The van der Waals surface area contributed by atoms with Gasteiger partial charge in [-0.3, -0.25) is 14.8 Å². The second-order valence-electron chi connectivity index (χ2n) is 7.10. The van der Waals surface area contributed by atoms with Gasteiger partial charge in [-0.25, -0.2) is 0 Å². The smallest absolute Gasteiger partial charge is 0.0900 e. The number of β-amino-alcohol motifs (C(OH)–C–C–N with tert-alkyl or cyclic N) is 1. The molecular formula is C18H30N4O. The fourth-order valence-corrected chi connectivity index (χ4v) is 3.87. The number of piperidine rings is 1. The standard InChI is InChI=1S/C18H30N4O/c1-2-20-9-3-6-18(23,15-20)16-22-12-10-21(11-13-22)14-17-4-7-19-8-5-17/h4-5,7-8,23H,2-3,6,9-16H2,1H3/t18-/m1/s1. The van der Waals surface area contributed by atoms with E-state index in [-0.39, 0.29) is 0 Å². The van der Waals surface area contributed by atoms with Gasteiger partial charge in [-0.1, -0.05) is 6.92 Å². The summed E-state index contributed by atoms with van der Waals surface area (Å²) in [5.74, 6) is 0. The largest absolute Gasteiger partial charge is 0.387 e. The molecule has 23 heavy (non-hydrogen) atoms. The molecule has 1 atom stereocenters. The number of aromatic nitrogens is 1.